The summed E-state index contributed by atoms with van der Waals surface area (Å²) in [5.41, 5.74) is 0.274. The molecule has 2 saturated carbocycles. The van der Waals surface area contributed by atoms with Crippen LogP contribution in [0.2, 0.25) is 0 Å². The molecule has 18 heavy (non-hydrogen) atoms. The maximum absolute atomic E-state index is 9.75. The third-order valence-electron chi connectivity index (χ3n) is 5.45. The number of ether oxygens (including phenoxy) is 1. The van der Waals surface area contributed by atoms with Crippen molar-refractivity contribution in [3.05, 3.63) is 0 Å². The summed E-state index contributed by atoms with van der Waals surface area (Å²) in [6, 6.07) is 0. The molecule has 0 aromatic rings. The number of hydrogen-bond donors (Lipinski definition) is 1. The van der Waals surface area contributed by atoms with Crippen LogP contribution in [0.3, 0.4) is 0 Å². The van der Waals surface area contributed by atoms with Gasteiger partial charge in [-0.25, -0.2) is 0 Å². The first-order valence-corrected chi connectivity index (χ1v) is 8.12. The van der Waals surface area contributed by atoms with Crippen LogP contribution in [0, 0.1) is 5.92 Å². The molecule has 0 radical (unpaired) electrons. The summed E-state index contributed by atoms with van der Waals surface area (Å²) in [6.45, 7) is 0. The van der Waals surface area contributed by atoms with Crippen LogP contribution in [-0.2, 0) is 4.74 Å². The van der Waals surface area contributed by atoms with Gasteiger partial charge in [0.1, 0.15) is 0 Å². The van der Waals surface area contributed by atoms with Gasteiger partial charge in [0.15, 0.2) is 0 Å². The third-order valence-corrected chi connectivity index (χ3v) is 5.45. The van der Waals surface area contributed by atoms with Crippen molar-refractivity contribution >= 4 is 0 Å². The van der Waals surface area contributed by atoms with E-state index in [1.807, 2.05) is 0 Å². The van der Waals surface area contributed by atoms with E-state index in [-0.39, 0.29) is 11.7 Å². The summed E-state index contributed by atoms with van der Waals surface area (Å²) in [5, 5.41) is 9.75. The summed E-state index contributed by atoms with van der Waals surface area (Å²) < 4.78 is 6.45. The molecular weight excluding hydrogens is 224 g/mol. The minimum absolute atomic E-state index is 0.0335. The van der Waals surface area contributed by atoms with Crippen molar-refractivity contribution in [1.82, 2.24) is 0 Å². The molecule has 0 bridgehead atoms. The highest BCUT2D eigenvalue weighted by molar-refractivity contribution is 4.92. The average Bonchev–Trinajstić information content (AvgIpc) is 2.73. The Kier molecular flexibility index (Phi) is 3.95. The minimum atomic E-state index is -0.0335. The average molecular weight is 252 g/mol. The molecule has 3 fully saturated rings. The second-order valence-electron chi connectivity index (χ2n) is 6.94. The van der Waals surface area contributed by atoms with Crippen molar-refractivity contribution in [1.29, 1.82) is 0 Å². The zero-order valence-corrected chi connectivity index (χ0v) is 11.6. The zero-order valence-electron chi connectivity index (χ0n) is 11.6. The Balaban J connectivity index is 1.49. The Hall–Kier alpha value is -0.0800. The van der Waals surface area contributed by atoms with Gasteiger partial charge in [0.25, 0.3) is 0 Å². The highest BCUT2D eigenvalue weighted by Crippen LogP contribution is 2.44. The van der Waals surface area contributed by atoms with Gasteiger partial charge in [-0.15, -0.1) is 0 Å². The summed E-state index contributed by atoms with van der Waals surface area (Å²) in [7, 11) is 0. The van der Waals surface area contributed by atoms with Crippen LogP contribution in [0.25, 0.3) is 0 Å². The van der Waals surface area contributed by atoms with Crippen molar-refractivity contribution in [3.63, 3.8) is 0 Å². The fraction of sp³-hybridized carbons (Fsp3) is 1.00. The number of aliphatic hydroxyl groups excluding tert-OH is 1. The first-order valence-electron chi connectivity index (χ1n) is 8.12. The van der Waals surface area contributed by atoms with Crippen molar-refractivity contribution in [2.45, 2.75) is 94.9 Å². The normalized spacial score (nSPS) is 40.2. The van der Waals surface area contributed by atoms with E-state index in [0.717, 1.165) is 18.8 Å². The van der Waals surface area contributed by atoms with Gasteiger partial charge in [-0.1, -0.05) is 32.1 Å². The molecule has 1 saturated heterocycles. The second-order valence-corrected chi connectivity index (χ2v) is 6.94. The summed E-state index contributed by atoms with van der Waals surface area (Å²) in [5.74, 6) is 0.720. The van der Waals surface area contributed by atoms with Gasteiger partial charge in [-0.2, -0.15) is 0 Å². The lowest BCUT2D eigenvalue weighted by Gasteiger charge is -2.34. The van der Waals surface area contributed by atoms with Crippen LogP contribution >= 0.6 is 0 Å². The fourth-order valence-corrected chi connectivity index (χ4v) is 4.47. The molecule has 2 aliphatic carbocycles. The van der Waals surface area contributed by atoms with E-state index in [2.05, 4.69) is 0 Å². The molecule has 3 unspecified atom stereocenters. The lowest BCUT2D eigenvalue weighted by Crippen LogP contribution is -2.32. The maximum Gasteiger partial charge on any atom is 0.0687 e. The molecule has 3 atom stereocenters. The third kappa shape index (κ3) is 2.91. The van der Waals surface area contributed by atoms with Crippen molar-refractivity contribution in [2.75, 3.05) is 0 Å². The van der Waals surface area contributed by atoms with E-state index >= 15 is 0 Å². The number of aliphatic hydroxyl groups is 1. The Bertz CT molecular complexity index is 270. The van der Waals surface area contributed by atoms with Gasteiger partial charge in [0, 0.05) is 0 Å². The van der Waals surface area contributed by atoms with Crippen molar-refractivity contribution < 1.29 is 9.84 Å². The molecule has 1 heterocycles. The van der Waals surface area contributed by atoms with E-state index in [4.69, 9.17) is 4.74 Å². The van der Waals surface area contributed by atoms with Crippen LogP contribution in [0.4, 0.5) is 0 Å². The minimum Gasteiger partial charge on any atom is -0.393 e. The predicted molar refractivity (Wildman–Crippen MR) is 72.5 cm³/mol. The van der Waals surface area contributed by atoms with Crippen LogP contribution in [-0.4, -0.2) is 22.9 Å². The molecule has 1 aliphatic heterocycles. The maximum atomic E-state index is 9.75. The zero-order chi connectivity index (χ0) is 12.4. The first-order chi connectivity index (χ1) is 8.76. The Morgan fingerprint density at radius 2 is 1.78 bits per heavy atom. The quantitative estimate of drug-likeness (QED) is 0.810. The highest BCUT2D eigenvalue weighted by atomic mass is 16.5. The van der Waals surface area contributed by atoms with E-state index in [1.165, 1.54) is 64.2 Å². The van der Waals surface area contributed by atoms with E-state index in [1.54, 1.807) is 0 Å². The van der Waals surface area contributed by atoms with Crippen LogP contribution in [0.5, 0.6) is 0 Å². The molecule has 0 amide bonds. The first kappa shape index (κ1) is 12.9. The van der Waals surface area contributed by atoms with Gasteiger partial charge in [-0.3, -0.25) is 0 Å². The van der Waals surface area contributed by atoms with Gasteiger partial charge in [0.2, 0.25) is 0 Å². The standard InChI is InChI=1S/C16H28O2/c17-14-6-4-5-13(11-14)12-15-7-10-16(18-15)8-2-1-3-9-16/h13-15,17H,1-12H2. The molecule has 0 aromatic carbocycles. The van der Waals surface area contributed by atoms with Crippen LogP contribution in [0.1, 0.15) is 77.0 Å². The Morgan fingerprint density at radius 3 is 2.56 bits per heavy atom. The molecule has 3 rings (SSSR count). The van der Waals surface area contributed by atoms with Gasteiger partial charge in [-0.05, 0) is 50.9 Å². The second kappa shape index (κ2) is 5.50. The van der Waals surface area contributed by atoms with Gasteiger partial charge >= 0.3 is 0 Å². The molecular formula is C16H28O2. The monoisotopic (exact) mass is 252 g/mol. The van der Waals surface area contributed by atoms with E-state index in [9.17, 15) is 5.11 Å². The Morgan fingerprint density at radius 1 is 0.944 bits per heavy atom. The number of hydrogen-bond acceptors (Lipinski definition) is 2. The molecule has 2 nitrogen and oxygen atoms in total. The molecule has 0 aromatic heterocycles. The van der Waals surface area contributed by atoms with Gasteiger partial charge in [0.05, 0.1) is 17.8 Å². The van der Waals surface area contributed by atoms with Crippen molar-refractivity contribution in [2.24, 2.45) is 5.92 Å². The predicted octanol–water partition coefficient (Wildman–Crippen LogP) is 3.81. The van der Waals surface area contributed by atoms with Gasteiger partial charge < -0.3 is 9.84 Å². The Labute approximate surface area is 111 Å². The summed E-state index contributed by atoms with van der Waals surface area (Å²) >= 11 is 0. The molecule has 1 spiro atoms. The topological polar surface area (TPSA) is 29.5 Å². The summed E-state index contributed by atoms with van der Waals surface area (Å²) in [6.07, 6.45) is 15.6. The lowest BCUT2D eigenvalue weighted by molar-refractivity contribution is -0.0728. The molecule has 3 aliphatic rings. The molecule has 2 heteroatoms. The number of rotatable bonds is 2. The molecule has 1 N–H and O–H groups in total. The molecule has 104 valence electrons. The fourth-order valence-electron chi connectivity index (χ4n) is 4.47. The van der Waals surface area contributed by atoms with Crippen LogP contribution in [0.15, 0.2) is 0 Å². The SMILES string of the molecule is OC1CCCC(CC2CCC3(CCCCC3)O2)C1. The smallest absolute Gasteiger partial charge is 0.0687 e. The lowest BCUT2D eigenvalue weighted by atomic mass is 9.82. The van der Waals surface area contributed by atoms with E-state index < -0.39 is 0 Å². The summed E-state index contributed by atoms with van der Waals surface area (Å²) in [4.78, 5) is 0. The van der Waals surface area contributed by atoms with E-state index in [0.29, 0.717) is 6.10 Å². The van der Waals surface area contributed by atoms with Crippen molar-refractivity contribution in [3.8, 4) is 0 Å². The largest absolute Gasteiger partial charge is 0.393 e. The highest BCUT2D eigenvalue weighted by Gasteiger charge is 2.41. The van der Waals surface area contributed by atoms with Crippen LogP contribution < -0.4 is 0 Å².